The first kappa shape index (κ1) is 15.5. The molecule has 0 unspecified atom stereocenters. The van der Waals surface area contributed by atoms with Gasteiger partial charge in [0.1, 0.15) is 0 Å². The molecule has 2 atom stereocenters. The van der Waals surface area contributed by atoms with Crippen LogP contribution in [-0.4, -0.2) is 36.5 Å². The Hall–Kier alpha value is -0.570. The lowest BCUT2D eigenvalue weighted by atomic mass is 9.92. The summed E-state index contributed by atoms with van der Waals surface area (Å²) in [7, 11) is 0. The van der Waals surface area contributed by atoms with Gasteiger partial charge in [-0.25, -0.2) is 0 Å². The van der Waals surface area contributed by atoms with E-state index in [-0.39, 0.29) is 5.92 Å². The Morgan fingerprint density at radius 2 is 1.83 bits per heavy atom. The molecule has 3 heteroatoms. The number of hydrogen-bond acceptors (Lipinski definition) is 2. The van der Waals surface area contributed by atoms with Gasteiger partial charge in [0.05, 0.1) is 0 Å². The quantitative estimate of drug-likeness (QED) is 0.757. The molecular weight excluding hydrogens is 224 g/mol. The summed E-state index contributed by atoms with van der Waals surface area (Å²) in [6.07, 6.45) is 6.62. The van der Waals surface area contributed by atoms with Crippen molar-refractivity contribution in [3.63, 3.8) is 0 Å². The van der Waals surface area contributed by atoms with Crippen molar-refractivity contribution in [2.24, 2.45) is 5.92 Å². The van der Waals surface area contributed by atoms with Gasteiger partial charge in [-0.05, 0) is 39.2 Å². The van der Waals surface area contributed by atoms with E-state index in [1.54, 1.807) is 0 Å². The standard InChI is InChI=1S/C15H30N2O/c1-4-6-10-17(11-7-5-2)15(18)14-8-9-16-13(3)12-14/h13-14,16H,4-12H2,1-3H3/t13-,14-/m0/s1. The minimum atomic E-state index is 0.259. The van der Waals surface area contributed by atoms with Crippen LogP contribution in [0.2, 0.25) is 0 Å². The van der Waals surface area contributed by atoms with Gasteiger partial charge in [-0.1, -0.05) is 26.7 Å². The zero-order valence-electron chi connectivity index (χ0n) is 12.4. The Labute approximate surface area is 112 Å². The zero-order chi connectivity index (χ0) is 13.4. The minimum Gasteiger partial charge on any atom is -0.342 e. The zero-order valence-corrected chi connectivity index (χ0v) is 12.4. The van der Waals surface area contributed by atoms with E-state index in [1.165, 1.54) is 12.8 Å². The summed E-state index contributed by atoms with van der Waals surface area (Å²) in [6, 6.07) is 0.493. The number of nitrogens with one attached hydrogen (secondary N) is 1. The van der Waals surface area contributed by atoms with Crippen molar-refractivity contribution >= 4 is 5.91 Å². The number of nitrogens with zero attached hydrogens (tertiary/aromatic N) is 1. The highest BCUT2D eigenvalue weighted by molar-refractivity contribution is 5.79. The SMILES string of the molecule is CCCCN(CCCC)C(=O)[C@H]1CCN[C@@H](C)C1. The van der Waals surface area contributed by atoms with Crippen LogP contribution in [0.3, 0.4) is 0 Å². The van der Waals surface area contributed by atoms with Gasteiger partial charge in [0.25, 0.3) is 0 Å². The van der Waals surface area contributed by atoms with Crippen molar-refractivity contribution in [3.05, 3.63) is 0 Å². The van der Waals surface area contributed by atoms with E-state index < -0.39 is 0 Å². The maximum Gasteiger partial charge on any atom is 0.225 e. The van der Waals surface area contributed by atoms with Crippen LogP contribution >= 0.6 is 0 Å². The molecule has 0 aliphatic carbocycles. The highest BCUT2D eigenvalue weighted by Crippen LogP contribution is 2.19. The minimum absolute atomic E-state index is 0.259. The van der Waals surface area contributed by atoms with E-state index in [1.807, 2.05) is 0 Å². The molecule has 1 fully saturated rings. The van der Waals surface area contributed by atoms with Crippen LogP contribution in [-0.2, 0) is 4.79 Å². The molecule has 0 aromatic rings. The lowest BCUT2D eigenvalue weighted by Crippen LogP contribution is -2.44. The molecule has 3 nitrogen and oxygen atoms in total. The largest absolute Gasteiger partial charge is 0.342 e. The number of unbranched alkanes of at least 4 members (excludes halogenated alkanes) is 2. The summed E-state index contributed by atoms with van der Waals surface area (Å²) in [5.41, 5.74) is 0. The molecule has 1 heterocycles. The average Bonchev–Trinajstić information content (AvgIpc) is 2.38. The molecule has 1 aliphatic heterocycles. The third-order valence-corrected chi connectivity index (χ3v) is 3.85. The summed E-state index contributed by atoms with van der Waals surface area (Å²) < 4.78 is 0. The van der Waals surface area contributed by atoms with Crippen molar-refractivity contribution in [3.8, 4) is 0 Å². The predicted molar refractivity (Wildman–Crippen MR) is 76.6 cm³/mol. The molecule has 0 spiro atoms. The Kier molecular flexibility index (Phi) is 7.33. The number of carbonyl (C=O) groups is 1. The van der Waals surface area contributed by atoms with Crippen LogP contribution in [0, 0.1) is 5.92 Å². The fourth-order valence-corrected chi connectivity index (χ4v) is 2.64. The number of piperidine rings is 1. The number of rotatable bonds is 7. The van der Waals surface area contributed by atoms with Crippen LogP contribution < -0.4 is 5.32 Å². The third-order valence-electron chi connectivity index (χ3n) is 3.85. The van der Waals surface area contributed by atoms with Crippen LogP contribution in [0.4, 0.5) is 0 Å². The third kappa shape index (κ3) is 4.97. The first-order valence-electron chi connectivity index (χ1n) is 7.71. The van der Waals surface area contributed by atoms with Gasteiger partial charge in [0.15, 0.2) is 0 Å². The van der Waals surface area contributed by atoms with Crippen LogP contribution in [0.25, 0.3) is 0 Å². The van der Waals surface area contributed by atoms with Gasteiger partial charge >= 0.3 is 0 Å². The molecule has 1 saturated heterocycles. The highest BCUT2D eigenvalue weighted by atomic mass is 16.2. The van der Waals surface area contributed by atoms with E-state index in [0.717, 1.165) is 45.3 Å². The fourth-order valence-electron chi connectivity index (χ4n) is 2.64. The molecule has 1 amide bonds. The van der Waals surface area contributed by atoms with E-state index >= 15 is 0 Å². The van der Waals surface area contributed by atoms with E-state index in [2.05, 4.69) is 31.0 Å². The maximum absolute atomic E-state index is 12.6. The fraction of sp³-hybridized carbons (Fsp3) is 0.933. The van der Waals surface area contributed by atoms with Gasteiger partial charge in [0, 0.05) is 25.0 Å². The second-order valence-corrected chi connectivity index (χ2v) is 5.61. The Bertz CT molecular complexity index is 235. The van der Waals surface area contributed by atoms with Gasteiger partial charge in [-0.15, -0.1) is 0 Å². The van der Waals surface area contributed by atoms with Crippen LogP contribution in [0.1, 0.15) is 59.3 Å². The predicted octanol–water partition coefficient (Wildman–Crippen LogP) is 2.80. The van der Waals surface area contributed by atoms with Gasteiger partial charge in [-0.2, -0.15) is 0 Å². The number of carbonyl (C=O) groups excluding carboxylic acids is 1. The Balaban J connectivity index is 2.50. The van der Waals surface area contributed by atoms with Gasteiger partial charge < -0.3 is 10.2 Å². The van der Waals surface area contributed by atoms with Crippen molar-refractivity contribution in [1.82, 2.24) is 10.2 Å². The van der Waals surface area contributed by atoms with Crippen molar-refractivity contribution < 1.29 is 4.79 Å². The highest BCUT2D eigenvalue weighted by Gasteiger charge is 2.27. The second-order valence-electron chi connectivity index (χ2n) is 5.61. The molecule has 1 N–H and O–H groups in total. The molecule has 1 aliphatic rings. The second kappa shape index (κ2) is 8.52. The molecule has 0 saturated carbocycles. The number of hydrogen-bond donors (Lipinski definition) is 1. The Morgan fingerprint density at radius 3 is 2.33 bits per heavy atom. The lowest BCUT2D eigenvalue weighted by molar-refractivity contribution is -0.136. The van der Waals surface area contributed by atoms with Crippen molar-refractivity contribution in [2.75, 3.05) is 19.6 Å². The monoisotopic (exact) mass is 254 g/mol. The maximum atomic E-state index is 12.6. The van der Waals surface area contributed by atoms with Crippen molar-refractivity contribution in [2.45, 2.75) is 65.3 Å². The van der Waals surface area contributed by atoms with Crippen molar-refractivity contribution in [1.29, 1.82) is 0 Å². The van der Waals surface area contributed by atoms with E-state index in [4.69, 9.17) is 0 Å². The summed E-state index contributed by atoms with van der Waals surface area (Å²) >= 11 is 0. The summed E-state index contributed by atoms with van der Waals surface area (Å²) in [5, 5.41) is 3.42. The van der Waals surface area contributed by atoms with E-state index in [0.29, 0.717) is 11.9 Å². The Morgan fingerprint density at radius 1 is 1.22 bits per heavy atom. The normalized spacial score (nSPS) is 23.9. The van der Waals surface area contributed by atoms with Gasteiger partial charge in [-0.3, -0.25) is 4.79 Å². The molecule has 18 heavy (non-hydrogen) atoms. The molecule has 0 radical (unpaired) electrons. The smallest absolute Gasteiger partial charge is 0.225 e. The molecule has 0 aromatic heterocycles. The molecule has 0 aromatic carbocycles. The summed E-state index contributed by atoms with van der Waals surface area (Å²) in [5.74, 6) is 0.667. The van der Waals surface area contributed by atoms with Gasteiger partial charge in [0.2, 0.25) is 5.91 Å². The topological polar surface area (TPSA) is 32.3 Å². The van der Waals surface area contributed by atoms with Crippen LogP contribution in [0.5, 0.6) is 0 Å². The molecule has 0 bridgehead atoms. The number of amides is 1. The van der Waals surface area contributed by atoms with Crippen LogP contribution in [0.15, 0.2) is 0 Å². The first-order valence-corrected chi connectivity index (χ1v) is 7.71. The molecule has 106 valence electrons. The summed E-state index contributed by atoms with van der Waals surface area (Å²) in [6.45, 7) is 9.46. The average molecular weight is 254 g/mol. The summed E-state index contributed by atoms with van der Waals surface area (Å²) in [4.78, 5) is 14.7. The lowest BCUT2D eigenvalue weighted by Gasteiger charge is -2.32. The molecular formula is C15H30N2O. The first-order chi connectivity index (χ1) is 8.69. The molecule has 1 rings (SSSR count). The van der Waals surface area contributed by atoms with E-state index in [9.17, 15) is 4.79 Å².